The Kier molecular flexibility index (Phi) is 2.94. The maximum absolute atomic E-state index is 10.2. The molecule has 1 unspecified atom stereocenters. The van der Waals surface area contributed by atoms with Gasteiger partial charge >= 0.3 is 0 Å². The number of ether oxygens (including phenoxy) is 1. The topological polar surface area (TPSA) is 32.7 Å². The van der Waals surface area contributed by atoms with Crippen LogP contribution in [-0.2, 0) is 0 Å². The van der Waals surface area contributed by atoms with E-state index in [1.165, 1.54) is 5.56 Å². The summed E-state index contributed by atoms with van der Waals surface area (Å²) >= 11 is 6.11. The Morgan fingerprint density at radius 2 is 2.26 bits per heavy atom. The second-order valence-electron chi connectivity index (χ2n) is 4.94. The quantitative estimate of drug-likeness (QED) is 0.855. The summed E-state index contributed by atoms with van der Waals surface area (Å²) in [5, 5.41) is 12.0. The maximum Gasteiger partial charge on any atom is 0.127 e. The van der Waals surface area contributed by atoms with Crippen molar-refractivity contribution in [2.45, 2.75) is 5.92 Å². The van der Waals surface area contributed by atoms with Crippen LogP contribution in [0, 0.1) is 0 Å². The molecule has 1 N–H and O–H groups in total. The van der Waals surface area contributed by atoms with Crippen LogP contribution in [0.3, 0.4) is 0 Å². The zero-order chi connectivity index (χ0) is 13.6. The first-order valence-electron chi connectivity index (χ1n) is 6.27. The number of hydrogen-bond acceptors (Lipinski definition) is 3. The normalized spacial score (nSPS) is 17.8. The molecule has 0 aliphatic carbocycles. The molecule has 4 heteroatoms. The first kappa shape index (κ1) is 12.4. The largest absolute Gasteiger partial charge is 0.507 e. The number of rotatable bonds is 2. The highest BCUT2D eigenvalue weighted by atomic mass is 35.5. The summed E-state index contributed by atoms with van der Waals surface area (Å²) in [6, 6.07) is 7.55. The Bertz CT molecular complexity index is 642. The average Bonchev–Trinajstić information content (AvgIpc) is 2.75. The number of halogens is 1. The summed E-state index contributed by atoms with van der Waals surface area (Å²) in [5.41, 5.74) is 2.22. The van der Waals surface area contributed by atoms with E-state index in [9.17, 15) is 5.11 Å². The predicted octanol–water partition coefficient (Wildman–Crippen LogP) is 3.33. The van der Waals surface area contributed by atoms with Crippen LogP contribution >= 0.6 is 11.6 Å². The third-order valence-electron chi connectivity index (χ3n) is 3.84. The molecule has 0 saturated heterocycles. The lowest BCUT2D eigenvalue weighted by Crippen LogP contribution is -2.15. The van der Waals surface area contributed by atoms with E-state index in [2.05, 4.69) is 4.90 Å². The van der Waals surface area contributed by atoms with Crippen LogP contribution in [0.25, 0.3) is 10.8 Å². The second kappa shape index (κ2) is 4.49. The Hall–Kier alpha value is -1.61. The van der Waals surface area contributed by atoms with Crippen molar-refractivity contribution in [1.82, 2.24) is 0 Å². The Morgan fingerprint density at radius 3 is 2.95 bits per heavy atom. The molecule has 0 aromatic heterocycles. The monoisotopic (exact) mass is 277 g/mol. The molecule has 0 saturated carbocycles. The number of likely N-dealkylation sites (N-methyl/N-ethyl adjacent to an activating group) is 1. The predicted molar refractivity (Wildman–Crippen MR) is 78.9 cm³/mol. The van der Waals surface area contributed by atoms with Gasteiger partial charge in [-0.1, -0.05) is 12.1 Å². The molecule has 1 aliphatic heterocycles. The standard InChI is InChI=1S/C15H16ClNO2/c1-17-8-9(7-16)14-11(17)6-12(18)10-4-3-5-13(19-2)15(10)14/h3-6,9,18H,7-8H2,1-2H3. The molecular formula is C15H16ClNO2. The summed E-state index contributed by atoms with van der Waals surface area (Å²) in [6.07, 6.45) is 0. The summed E-state index contributed by atoms with van der Waals surface area (Å²) in [7, 11) is 3.67. The molecule has 1 heterocycles. The summed E-state index contributed by atoms with van der Waals surface area (Å²) in [6.45, 7) is 0.870. The lowest BCUT2D eigenvalue weighted by molar-refractivity contribution is 0.419. The molecule has 2 aromatic carbocycles. The smallest absolute Gasteiger partial charge is 0.127 e. The first-order chi connectivity index (χ1) is 9.17. The minimum absolute atomic E-state index is 0.265. The SMILES string of the molecule is COc1cccc2c(O)cc3c(c12)C(CCl)CN3C. The number of phenols is 1. The summed E-state index contributed by atoms with van der Waals surface area (Å²) in [5.74, 6) is 1.90. The first-order valence-corrected chi connectivity index (χ1v) is 6.80. The van der Waals surface area contributed by atoms with Crippen molar-refractivity contribution in [2.24, 2.45) is 0 Å². The van der Waals surface area contributed by atoms with Crippen LogP contribution in [0.5, 0.6) is 11.5 Å². The maximum atomic E-state index is 10.2. The van der Waals surface area contributed by atoms with Gasteiger partial charge in [0.05, 0.1) is 7.11 Å². The molecule has 0 spiro atoms. The zero-order valence-corrected chi connectivity index (χ0v) is 11.7. The van der Waals surface area contributed by atoms with Gasteiger partial charge in [0.15, 0.2) is 0 Å². The molecule has 0 bridgehead atoms. The van der Waals surface area contributed by atoms with Gasteiger partial charge in [-0.05, 0) is 11.6 Å². The van der Waals surface area contributed by atoms with Crippen molar-refractivity contribution in [3.63, 3.8) is 0 Å². The Morgan fingerprint density at radius 1 is 1.47 bits per heavy atom. The molecule has 0 amide bonds. The number of phenolic OH excluding ortho intramolecular Hbond substituents is 1. The Balaban J connectivity index is 2.43. The third-order valence-corrected chi connectivity index (χ3v) is 4.21. The molecule has 1 aliphatic rings. The minimum atomic E-state index is 0.265. The number of nitrogens with zero attached hydrogens (tertiary/aromatic N) is 1. The Labute approximate surface area is 117 Å². The molecule has 2 aromatic rings. The van der Waals surface area contributed by atoms with E-state index >= 15 is 0 Å². The molecule has 3 nitrogen and oxygen atoms in total. The van der Waals surface area contributed by atoms with E-state index in [0.29, 0.717) is 5.88 Å². The van der Waals surface area contributed by atoms with Crippen molar-refractivity contribution < 1.29 is 9.84 Å². The van der Waals surface area contributed by atoms with E-state index < -0.39 is 0 Å². The molecule has 19 heavy (non-hydrogen) atoms. The van der Waals surface area contributed by atoms with Gasteiger partial charge in [-0.25, -0.2) is 0 Å². The number of hydrogen-bond donors (Lipinski definition) is 1. The molecule has 100 valence electrons. The second-order valence-corrected chi connectivity index (χ2v) is 5.25. The number of benzene rings is 2. The summed E-state index contributed by atoms with van der Waals surface area (Å²) in [4.78, 5) is 2.13. The number of anilines is 1. The molecular weight excluding hydrogens is 262 g/mol. The highest BCUT2D eigenvalue weighted by molar-refractivity contribution is 6.19. The van der Waals surface area contributed by atoms with Gasteiger partial charge in [0, 0.05) is 47.9 Å². The van der Waals surface area contributed by atoms with Gasteiger partial charge in [-0.2, -0.15) is 0 Å². The number of fused-ring (bicyclic) bond motifs is 3. The van der Waals surface area contributed by atoms with E-state index in [4.69, 9.17) is 16.3 Å². The molecule has 0 radical (unpaired) electrons. The highest BCUT2D eigenvalue weighted by Gasteiger charge is 2.30. The third kappa shape index (κ3) is 1.72. The lowest BCUT2D eigenvalue weighted by Gasteiger charge is -2.15. The lowest BCUT2D eigenvalue weighted by atomic mass is 9.94. The van der Waals surface area contributed by atoms with E-state index in [0.717, 1.165) is 28.8 Å². The van der Waals surface area contributed by atoms with E-state index in [1.807, 2.05) is 31.3 Å². The van der Waals surface area contributed by atoms with Crippen LogP contribution in [-0.4, -0.2) is 31.7 Å². The number of alkyl halides is 1. The van der Waals surface area contributed by atoms with Gasteiger partial charge in [-0.15, -0.1) is 11.6 Å². The van der Waals surface area contributed by atoms with Gasteiger partial charge in [-0.3, -0.25) is 0 Å². The van der Waals surface area contributed by atoms with Crippen molar-refractivity contribution in [2.75, 3.05) is 31.5 Å². The van der Waals surface area contributed by atoms with Crippen LogP contribution in [0.1, 0.15) is 11.5 Å². The molecule has 3 rings (SSSR count). The minimum Gasteiger partial charge on any atom is -0.507 e. The van der Waals surface area contributed by atoms with Crippen molar-refractivity contribution in [3.8, 4) is 11.5 Å². The molecule has 1 atom stereocenters. The fourth-order valence-corrected chi connectivity index (χ4v) is 3.23. The fraction of sp³-hybridized carbons (Fsp3) is 0.333. The van der Waals surface area contributed by atoms with Gasteiger partial charge in [0.1, 0.15) is 11.5 Å². The van der Waals surface area contributed by atoms with Crippen molar-refractivity contribution in [1.29, 1.82) is 0 Å². The molecule has 0 fully saturated rings. The number of methoxy groups -OCH3 is 1. The van der Waals surface area contributed by atoms with Crippen molar-refractivity contribution in [3.05, 3.63) is 29.8 Å². The highest BCUT2D eigenvalue weighted by Crippen LogP contribution is 2.47. The van der Waals surface area contributed by atoms with E-state index in [-0.39, 0.29) is 11.7 Å². The summed E-state index contributed by atoms with van der Waals surface area (Å²) < 4.78 is 5.46. The van der Waals surface area contributed by atoms with Crippen LogP contribution in [0.15, 0.2) is 24.3 Å². The van der Waals surface area contributed by atoms with Gasteiger partial charge < -0.3 is 14.7 Å². The number of aromatic hydroxyl groups is 1. The van der Waals surface area contributed by atoms with Crippen LogP contribution < -0.4 is 9.64 Å². The van der Waals surface area contributed by atoms with E-state index in [1.54, 1.807) is 7.11 Å². The van der Waals surface area contributed by atoms with Gasteiger partial charge in [0.25, 0.3) is 0 Å². The zero-order valence-electron chi connectivity index (χ0n) is 11.0. The fourth-order valence-electron chi connectivity index (χ4n) is 2.98. The van der Waals surface area contributed by atoms with Crippen LogP contribution in [0.2, 0.25) is 0 Å². The van der Waals surface area contributed by atoms with Crippen LogP contribution in [0.4, 0.5) is 5.69 Å². The van der Waals surface area contributed by atoms with Gasteiger partial charge in [0.2, 0.25) is 0 Å². The average molecular weight is 278 g/mol. The van der Waals surface area contributed by atoms with Crippen molar-refractivity contribution >= 4 is 28.1 Å².